The van der Waals surface area contributed by atoms with Gasteiger partial charge in [0, 0.05) is 18.8 Å². The zero-order chi connectivity index (χ0) is 15.3. The van der Waals surface area contributed by atoms with Crippen LogP contribution in [0.15, 0.2) is 30.3 Å². The van der Waals surface area contributed by atoms with E-state index in [0.717, 1.165) is 18.4 Å². The summed E-state index contributed by atoms with van der Waals surface area (Å²) in [5, 5.41) is 3.11. The molecule has 1 unspecified atom stereocenters. The Hall–Kier alpha value is -1.46. The van der Waals surface area contributed by atoms with Gasteiger partial charge < -0.3 is 15.8 Å². The van der Waals surface area contributed by atoms with Gasteiger partial charge in [-0.3, -0.25) is 4.79 Å². The Kier molecular flexibility index (Phi) is 5.31. The summed E-state index contributed by atoms with van der Waals surface area (Å²) in [5.41, 5.74) is 6.61. The molecule has 0 bridgehead atoms. The van der Waals surface area contributed by atoms with Crippen molar-refractivity contribution in [3.63, 3.8) is 0 Å². The van der Waals surface area contributed by atoms with E-state index in [1.807, 2.05) is 37.3 Å². The molecule has 1 aromatic rings. The molecule has 0 radical (unpaired) electrons. The topological polar surface area (TPSA) is 64.4 Å². The number of carbonyl (C=O) groups excluding carboxylic acids is 1. The highest BCUT2D eigenvalue weighted by Gasteiger charge is 2.32. The van der Waals surface area contributed by atoms with Crippen LogP contribution in [0.1, 0.15) is 25.3 Å². The minimum Gasteiger partial charge on any atom is -0.393 e. The Bertz CT molecular complexity index is 498. The van der Waals surface area contributed by atoms with E-state index in [2.05, 4.69) is 5.32 Å². The van der Waals surface area contributed by atoms with Gasteiger partial charge in [0.2, 0.25) is 5.91 Å². The van der Waals surface area contributed by atoms with Gasteiger partial charge in [0.15, 0.2) is 0 Å². The molecular formula is C16H22N2O2S. The lowest BCUT2D eigenvalue weighted by Crippen LogP contribution is -2.53. The molecule has 1 aliphatic heterocycles. The number of rotatable bonds is 5. The third kappa shape index (κ3) is 4.51. The summed E-state index contributed by atoms with van der Waals surface area (Å²) in [7, 11) is 0. The van der Waals surface area contributed by atoms with Gasteiger partial charge in [0.05, 0.1) is 10.9 Å². The number of thiocarbonyl (C=S) groups is 1. The van der Waals surface area contributed by atoms with Gasteiger partial charge in [0.1, 0.15) is 0 Å². The molecule has 3 N–H and O–H groups in total. The molecule has 1 heterocycles. The first-order valence-corrected chi connectivity index (χ1v) is 7.64. The highest BCUT2D eigenvalue weighted by Crippen LogP contribution is 2.21. The first-order valence-electron chi connectivity index (χ1n) is 7.23. The highest BCUT2D eigenvalue weighted by atomic mass is 32.1. The van der Waals surface area contributed by atoms with Crippen molar-refractivity contribution in [3.8, 4) is 0 Å². The van der Waals surface area contributed by atoms with Crippen LogP contribution in [0.25, 0.3) is 0 Å². The molecule has 0 spiro atoms. The average molecular weight is 306 g/mol. The monoisotopic (exact) mass is 306 g/mol. The van der Waals surface area contributed by atoms with Gasteiger partial charge in [-0.2, -0.15) is 0 Å². The number of carbonyl (C=O) groups is 1. The van der Waals surface area contributed by atoms with E-state index in [0.29, 0.717) is 19.6 Å². The molecule has 1 amide bonds. The van der Waals surface area contributed by atoms with E-state index in [4.69, 9.17) is 22.7 Å². The summed E-state index contributed by atoms with van der Waals surface area (Å²) in [6, 6.07) is 9.80. The third-order valence-electron chi connectivity index (χ3n) is 3.96. The van der Waals surface area contributed by atoms with E-state index in [1.165, 1.54) is 0 Å². The highest BCUT2D eigenvalue weighted by molar-refractivity contribution is 7.80. The van der Waals surface area contributed by atoms with E-state index in [-0.39, 0.29) is 16.4 Å². The second-order valence-corrected chi connectivity index (χ2v) is 6.28. The van der Waals surface area contributed by atoms with Gasteiger partial charge >= 0.3 is 0 Å². The molecule has 1 saturated heterocycles. The number of hydrogen-bond acceptors (Lipinski definition) is 3. The summed E-state index contributed by atoms with van der Waals surface area (Å²) < 4.78 is 5.35. The summed E-state index contributed by atoms with van der Waals surface area (Å²) >= 11 is 5.09. The van der Waals surface area contributed by atoms with Crippen LogP contribution in [-0.4, -0.2) is 29.6 Å². The van der Waals surface area contributed by atoms with Crippen molar-refractivity contribution in [1.82, 2.24) is 5.32 Å². The summed E-state index contributed by atoms with van der Waals surface area (Å²) in [6.45, 7) is 3.40. The molecule has 5 heteroatoms. The van der Waals surface area contributed by atoms with E-state index < -0.39 is 5.92 Å². The standard InChI is InChI=1S/C16H22N2O2S/c1-16(7-9-20-10-8-16)18-15(19)13(14(17)21)11-12-5-3-2-4-6-12/h2-6,13H,7-11H2,1H3,(H2,17,21)(H,18,19). The van der Waals surface area contributed by atoms with Crippen molar-refractivity contribution >= 4 is 23.1 Å². The molecule has 0 saturated carbocycles. The fraction of sp³-hybridized carbons (Fsp3) is 0.500. The van der Waals surface area contributed by atoms with Crippen LogP contribution >= 0.6 is 12.2 Å². The van der Waals surface area contributed by atoms with Gasteiger partial charge in [-0.1, -0.05) is 42.5 Å². The predicted octanol–water partition coefficient (Wildman–Crippen LogP) is 1.82. The molecule has 1 atom stereocenters. The van der Waals surface area contributed by atoms with Crippen LogP contribution in [0, 0.1) is 5.92 Å². The van der Waals surface area contributed by atoms with Crippen molar-refractivity contribution in [1.29, 1.82) is 0 Å². The maximum Gasteiger partial charge on any atom is 0.230 e. The Morgan fingerprint density at radius 2 is 2.00 bits per heavy atom. The molecule has 2 rings (SSSR count). The van der Waals surface area contributed by atoms with E-state index in [9.17, 15) is 4.79 Å². The minimum absolute atomic E-state index is 0.0873. The zero-order valence-electron chi connectivity index (χ0n) is 12.3. The number of amides is 1. The molecular weight excluding hydrogens is 284 g/mol. The molecule has 114 valence electrons. The van der Waals surface area contributed by atoms with Gasteiger partial charge in [-0.25, -0.2) is 0 Å². The van der Waals surface area contributed by atoms with Gasteiger partial charge in [0.25, 0.3) is 0 Å². The summed E-state index contributed by atoms with van der Waals surface area (Å²) in [5.74, 6) is -0.558. The largest absolute Gasteiger partial charge is 0.393 e. The molecule has 1 fully saturated rings. The second kappa shape index (κ2) is 7.00. The number of benzene rings is 1. The molecule has 4 nitrogen and oxygen atoms in total. The lowest BCUT2D eigenvalue weighted by molar-refractivity contribution is -0.125. The SMILES string of the molecule is CC1(NC(=O)C(Cc2ccccc2)C(N)=S)CCOCC1. The Morgan fingerprint density at radius 1 is 1.38 bits per heavy atom. The van der Waals surface area contributed by atoms with Crippen molar-refractivity contribution in [2.24, 2.45) is 11.7 Å². The number of nitrogens with two attached hydrogens (primary N) is 1. The smallest absolute Gasteiger partial charge is 0.230 e. The molecule has 0 aliphatic carbocycles. The maximum absolute atomic E-state index is 12.5. The molecule has 1 aliphatic rings. The molecule has 0 aromatic heterocycles. The van der Waals surface area contributed by atoms with Crippen LogP contribution in [-0.2, 0) is 16.0 Å². The third-order valence-corrected chi connectivity index (χ3v) is 4.25. The van der Waals surface area contributed by atoms with Crippen LogP contribution in [0.5, 0.6) is 0 Å². The van der Waals surface area contributed by atoms with E-state index in [1.54, 1.807) is 0 Å². The van der Waals surface area contributed by atoms with Crippen LogP contribution in [0.4, 0.5) is 0 Å². The lowest BCUT2D eigenvalue weighted by atomic mass is 9.90. The lowest BCUT2D eigenvalue weighted by Gasteiger charge is -2.35. The first kappa shape index (κ1) is 15.9. The maximum atomic E-state index is 12.5. The van der Waals surface area contributed by atoms with Crippen molar-refractivity contribution in [3.05, 3.63) is 35.9 Å². The fourth-order valence-electron chi connectivity index (χ4n) is 2.50. The van der Waals surface area contributed by atoms with Crippen molar-refractivity contribution in [2.45, 2.75) is 31.7 Å². The fourth-order valence-corrected chi connectivity index (χ4v) is 2.69. The van der Waals surface area contributed by atoms with Crippen LogP contribution in [0.2, 0.25) is 0 Å². The zero-order valence-corrected chi connectivity index (χ0v) is 13.1. The first-order chi connectivity index (χ1) is 10.0. The average Bonchev–Trinajstić information content (AvgIpc) is 2.45. The Labute approximate surface area is 131 Å². The van der Waals surface area contributed by atoms with Gasteiger partial charge in [-0.15, -0.1) is 0 Å². The van der Waals surface area contributed by atoms with Crippen LogP contribution in [0.3, 0.4) is 0 Å². The quantitative estimate of drug-likeness (QED) is 0.815. The molecule has 1 aromatic carbocycles. The normalized spacial score (nSPS) is 18.7. The number of nitrogens with one attached hydrogen (secondary N) is 1. The summed E-state index contributed by atoms with van der Waals surface area (Å²) in [6.07, 6.45) is 2.16. The Morgan fingerprint density at radius 3 is 2.57 bits per heavy atom. The van der Waals surface area contributed by atoms with Crippen molar-refractivity contribution < 1.29 is 9.53 Å². The summed E-state index contributed by atoms with van der Waals surface area (Å²) in [4.78, 5) is 12.8. The van der Waals surface area contributed by atoms with Crippen molar-refractivity contribution in [2.75, 3.05) is 13.2 Å². The predicted molar refractivity (Wildman–Crippen MR) is 87.0 cm³/mol. The Balaban J connectivity index is 2.04. The van der Waals surface area contributed by atoms with E-state index >= 15 is 0 Å². The van der Waals surface area contributed by atoms with Crippen LogP contribution < -0.4 is 11.1 Å². The number of hydrogen-bond donors (Lipinski definition) is 2. The minimum atomic E-state index is -0.470. The second-order valence-electron chi connectivity index (χ2n) is 5.81. The van der Waals surface area contributed by atoms with Gasteiger partial charge in [-0.05, 0) is 31.7 Å². The number of ether oxygens (including phenoxy) is 1. The molecule has 21 heavy (non-hydrogen) atoms.